The lowest BCUT2D eigenvalue weighted by Crippen LogP contribution is -2.07. The first kappa shape index (κ1) is 10.2. The molecular formula is C11H11N3O2. The van der Waals surface area contributed by atoms with Crippen LogP contribution >= 0.6 is 0 Å². The van der Waals surface area contributed by atoms with Gasteiger partial charge in [-0.15, -0.1) is 0 Å². The Hall–Kier alpha value is -2.30. The second kappa shape index (κ2) is 3.69. The highest BCUT2D eigenvalue weighted by atomic mass is 16.4. The number of aryl methyl sites for hydroxylation is 1. The Morgan fingerprint density at radius 3 is 2.56 bits per heavy atom. The zero-order valence-corrected chi connectivity index (χ0v) is 8.71. The van der Waals surface area contributed by atoms with Crippen LogP contribution in [0.15, 0.2) is 30.5 Å². The first-order chi connectivity index (χ1) is 7.58. The number of rotatable bonds is 2. The predicted molar refractivity (Wildman–Crippen MR) is 59.7 cm³/mol. The quantitative estimate of drug-likeness (QED) is 0.746. The second-order valence-electron chi connectivity index (χ2n) is 3.47. The fraction of sp³-hybridized carbons (Fsp3) is 0.0909. The number of hydrogen-bond acceptors (Lipinski definition) is 3. The number of carboxylic acids is 1. The van der Waals surface area contributed by atoms with E-state index in [1.807, 2.05) is 0 Å². The van der Waals surface area contributed by atoms with Crippen molar-refractivity contribution in [3.63, 3.8) is 0 Å². The molecule has 2 rings (SSSR count). The van der Waals surface area contributed by atoms with E-state index in [9.17, 15) is 4.79 Å². The van der Waals surface area contributed by atoms with Crippen LogP contribution in [0, 0.1) is 6.92 Å². The molecule has 1 aromatic heterocycles. The van der Waals surface area contributed by atoms with Crippen molar-refractivity contribution >= 4 is 11.7 Å². The van der Waals surface area contributed by atoms with Gasteiger partial charge in [-0.05, 0) is 31.2 Å². The van der Waals surface area contributed by atoms with Gasteiger partial charge in [-0.3, -0.25) is 4.57 Å². The SMILES string of the molecule is Cc1cn(-c2ccc(N)cc2)c(C(=O)O)n1. The zero-order chi connectivity index (χ0) is 11.7. The molecule has 0 atom stereocenters. The fourth-order valence-electron chi connectivity index (χ4n) is 1.48. The van der Waals surface area contributed by atoms with E-state index >= 15 is 0 Å². The molecule has 0 unspecified atom stereocenters. The summed E-state index contributed by atoms with van der Waals surface area (Å²) in [6.45, 7) is 1.75. The van der Waals surface area contributed by atoms with Crippen LogP contribution in [0.25, 0.3) is 5.69 Å². The Morgan fingerprint density at radius 1 is 1.38 bits per heavy atom. The van der Waals surface area contributed by atoms with Crippen LogP contribution in [0.3, 0.4) is 0 Å². The fourth-order valence-corrected chi connectivity index (χ4v) is 1.48. The minimum absolute atomic E-state index is 0.00210. The lowest BCUT2D eigenvalue weighted by molar-refractivity contribution is 0.0681. The topological polar surface area (TPSA) is 81.1 Å². The number of nitrogens with zero attached hydrogens (tertiary/aromatic N) is 2. The van der Waals surface area contributed by atoms with Crippen LogP contribution in [0.4, 0.5) is 5.69 Å². The van der Waals surface area contributed by atoms with Gasteiger partial charge in [-0.1, -0.05) is 0 Å². The molecule has 0 saturated heterocycles. The molecule has 0 saturated carbocycles. The molecule has 0 aliphatic heterocycles. The van der Waals surface area contributed by atoms with Gasteiger partial charge in [0.05, 0.1) is 5.69 Å². The Morgan fingerprint density at radius 2 is 2.00 bits per heavy atom. The molecule has 0 aliphatic rings. The molecule has 5 nitrogen and oxygen atoms in total. The molecule has 2 aromatic rings. The number of carboxylic acid groups (broad SMARTS) is 1. The van der Waals surface area contributed by atoms with Gasteiger partial charge in [0.2, 0.25) is 5.82 Å². The average Bonchev–Trinajstić information content (AvgIpc) is 2.61. The molecule has 0 radical (unpaired) electrons. The maximum Gasteiger partial charge on any atom is 0.372 e. The van der Waals surface area contributed by atoms with Crippen LogP contribution in [-0.4, -0.2) is 20.6 Å². The maximum atomic E-state index is 11.0. The van der Waals surface area contributed by atoms with E-state index in [4.69, 9.17) is 10.8 Å². The summed E-state index contributed by atoms with van der Waals surface area (Å²) in [5.74, 6) is -1.05. The summed E-state index contributed by atoms with van der Waals surface area (Å²) in [4.78, 5) is 14.9. The van der Waals surface area contributed by atoms with Crippen molar-refractivity contribution < 1.29 is 9.90 Å². The van der Waals surface area contributed by atoms with E-state index in [2.05, 4.69) is 4.98 Å². The number of aromatic nitrogens is 2. The molecule has 0 bridgehead atoms. The largest absolute Gasteiger partial charge is 0.475 e. The summed E-state index contributed by atoms with van der Waals surface area (Å²) >= 11 is 0. The average molecular weight is 217 g/mol. The van der Waals surface area contributed by atoms with Gasteiger partial charge < -0.3 is 10.8 Å². The van der Waals surface area contributed by atoms with E-state index in [1.54, 1.807) is 37.4 Å². The number of aromatic carboxylic acids is 1. The van der Waals surface area contributed by atoms with E-state index in [0.717, 1.165) is 5.69 Å². The molecule has 5 heteroatoms. The lowest BCUT2D eigenvalue weighted by atomic mass is 10.3. The van der Waals surface area contributed by atoms with Crippen LogP contribution in [0.5, 0.6) is 0 Å². The molecule has 16 heavy (non-hydrogen) atoms. The van der Waals surface area contributed by atoms with E-state index in [1.165, 1.54) is 4.57 Å². The van der Waals surface area contributed by atoms with Gasteiger partial charge in [0.1, 0.15) is 0 Å². The third-order valence-corrected chi connectivity index (χ3v) is 2.19. The zero-order valence-electron chi connectivity index (χ0n) is 8.71. The molecule has 0 spiro atoms. The van der Waals surface area contributed by atoms with E-state index in [-0.39, 0.29) is 5.82 Å². The molecular weight excluding hydrogens is 206 g/mol. The number of carbonyl (C=O) groups is 1. The predicted octanol–water partition coefficient (Wildman–Crippen LogP) is 1.46. The molecule has 82 valence electrons. The number of nitrogens with two attached hydrogens (primary N) is 1. The number of nitrogen functional groups attached to an aromatic ring is 1. The van der Waals surface area contributed by atoms with Gasteiger partial charge in [0.25, 0.3) is 0 Å². The summed E-state index contributed by atoms with van der Waals surface area (Å²) in [6.07, 6.45) is 1.68. The van der Waals surface area contributed by atoms with Crippen molar-refractivity contribution in [1.82, 2.24) is 9.55 Å². The third-order valence-electron chi connectivity index (χ3n) is 2.19. The van der Waals surface area contributed by atoms with Crippen LogP contribution in [0.1, 0.15) is 16.3 Å². The summed E-state index contributed by atoms with van der Waals surface area (Å²) < 4.78 is 1.52. The van der Waals surface area contributed by atoms with Crippen molar-refractivity contribution in [3.8, 4) is 5.69 Å². The first-order valence-electron chi connectivity index (χ1n) is 4.73. The number of anilines is 1. The number of benzene rings is 1. The van der Waals surface area contributed by atoms with Crippen molar-refractivity contribution in [2.45, 2.75) is 6.92 Å². The summed E-state index contributed by atoms with van der Waals surface area (Å²) in [7, 11) is 0. The highest BCUT2D eigenvalue weighted by Gasteiger charge is 2.13. The number of hydrogen-bond donors (Lipinski definition) is 2. The number of imidazole rings is 1. The van der Waals surface area contributed by atoms with Crippen LogP contribution in [-0.2, 0) is 0 Å². The Bertz CT molecular complexity index is 529. The van der Waals surface area contributed by atoms with Crippen molar-refractivity contribution in [2.75, 3.05) is 5.73 Å². The first-order valence-corrected chi connectivity index (χ1v) is 4.73. The van der Waals surface area contributed by atoms with Gasteiger partial charge in [0.15, 0.2) is 0 Å². The minimum Gasteiger partial charge on any atom is -0.475 e. The Labute approximate surface area is 92.2 Å². The van der Waals surface area contributed by atoms with Crippen LogP contribution < -0.4 is 5.73 Å². The van der Waals surface area contributed by atoms with E-state index in [0.29, 0.717) is 11.4 Å². The molecule has 0 amide bonds. The van der Waals surface area contributed by atoms with Crippen LogP contribution in [0.2, 0.25) is 0 Å². The van der Waals surface area contributed by atoms with E-state index < -0.39 is 5.97 Å². The molecule has 1 heterocycles. The molecule has 3 N–H and O–H groups in total. The summed E-state index contributed by atoms with van der Waals surface area (Å²) in [5, 5.41) is 8.99. The highest BCUT2D eigenvalue weighted by Crippen LogP contribution is 2.14. The monoisotopic (exact) mass is 217 g/mol. The highest BCUT2D eigenvalue weighted by molar-refractivity contribution is 5.84. The Balaban J connectivity index is 2.55. The smallest absolute Gasteiger partial charge is 0.372 e. The van der Waals surface area contributed by atoms with Gasteiger partial charge in [-0.25, -0.2) is 9.78 Å². The molecule has 0 fully saturated rings. The standard InChI is InChI=1S/C11H11N3O2/c1-7-6-14(10(13-7)11(15)16)9-4-2-8(12)3-5-9/h2-6H,12H2,1H3,(H,15,16). The van der Waals surface area contributed by atoms with Crippen molar-refractivity contribution in [1.29, 1.82) is 0 Å². The summed E-state index contributed by atoms with van der Waals surface area (Å²) in [5.41, 5.74) is 7.59. The normalized spacial score (nSPS) is 10.3. The second-order valence-corrected chi connectivity index (χ2v) is 3.47. The summed E-state index contributed by atoms with van der Waals surface area (Å²) in [6, 6.07) is 6.94. The third kappa shape index (κ3) is 1.75. The molecule has 0 aliphatic carbocycles. The van der Waals surface area contributed by atoms with Gasteiger partial charge >= 0.3 is 5.97 Å². The van der Waals surface area contributed by atoms with Gasteiger partial charge in [-0.2, -0.15) is 0 Å². The Kier molecular flexibility index (Phi) is 2.36. The van der Waals surface area contributed by atoms with Crippen molar-refractivity contribution in [2.24, 2.45) is 0 Å². The lowest BCUT2D eigenvalue weighted by Gasteiger charge is -2.04. The van der Waals surface area contributed by atoms with Gasteiger partial charge in [0, 0.05) is 17.6 Å². The van der Waals surface area contributed by atoms with Crippen molar-refractivity contribution in [3.05, 3.63) is 42.0 Å². The minimum atomic E-state index is -1.05. The molecule has 1 aromatic carbocycles. The maximum absolute atomic E-state index is 11.0.